The first-order chi connectivity index (χ1) is 11.9. The second-order valence-corrected chi connectivity index (χ2v) is 6.18. The highest BCUT2D eigenvalue weighted by molar-refractivity contribution is 6.31. The van der Waals surface area contributed by atoms with E-state index < -0.39 is 23.8 Å². The first kappa shape index (κ1) is 18.7. The molecular weight excluding hydrogens is 345 g/mol. The first-order valence-corrected chi connectivity index (χ1v) is 8.13. The van der Waals surface area contributed by atoms with Crippen LogP contribution in [0.2, 0.25) is 5.02 Å². The van der Waals surface area contributed by atoms with Gasteiger partial charge in [-0.05, 0) is 30.2 Å². The number of anilines is 2. The molecule has 0 heterocycles. The third kappa shape index (κ3) is 5.19. The van der Waals surface area contributed by atoms with Crippen LogP contribution in [0.5, 0.6) is 0 Å². The maximum atomic E-state index is 13.9. The monoisotopic (exact) mass is 363 g/mol. The third-order valence-corrected chi connectivity index (χ3v) is 3.77. The molecule has 0 radical (unpaired) electrons. The lowest BCUT2D eigenvalue weighted by atomic mass is 10.0. The number of urea groups is 1. The first-order valence-electron chi connectivity index (χ1n) is 7.76. The van der Waals surface area contributed by atoms with Gasteiger partial charge in [-0.2, -0.15) is 0 Å². The SMILES string of the molecule is CC(C)C(NC(=O)Nc1ccccc1)C(=O)Nc1cccc(Cl)c1F. The number of amides is 3. The molecule has 0 aliphatic rings. The van der Waals surface area contributed by atoms with Gasteiger partial charge in [0, 0.05) is 5.69 Å². The van der Waals surface area contributed by atoms with Gasteiger partial charge in [-0.1, -0.05) is 49.7 Å². The summed E-state index contributed by atoms with van der Waals surface area (Å²) in [6.07, 6.45) is 0. The fourth-order valence-corrected chi connectivity index (χ4v) is 2.35. The quantitative estimate of drug-likeness (QED) is 0.742. The van der Waals surface area contributed by atoms with E-state index in [1.54, 1.807) is 38.1 Å². The van der Waals surface area contributed by atoms with Gasteiger partial charge in [0.15, 0.2) is 5.82 Å². The second kappa shape index (κ2) is 8.48. The second-order valence-electron chi connectivity index (χ2n) is 5.78. The smallest absolute Gasteiger partial charge is 0.319 e. The van der Waals surface area contributed by atoms with Crippen LogP contribution in [0, 0.1) is 11.7 Å². The standard InChI is InChI=1S/C18H19ClFN3O2/c1-11(2)16(23-18(25)21-12-7-4-3-5-8-12)17(24)22-14-10-6-9-13(19)15(14)20/h3-11,16H,1-2H3,(H,22,24)(H2,21,23,25). The Kier molecular flexibility index (Phi) is 6.36. The molecule has 2 aromatic carbocycles. The summed E-state index contributed by atoms with van der Waals surface area (Å²) in [5, 5.41) is 7.61. The maximum Gasteiger partial charge on any atom is 0.319 e. The van der Waals surface area contributed by atoms with Crippen molar-refractivity contribution in [3.05, 3.63) is 59.4 Å². The molecule has 1 atom stereocenters. The predicted octanol–water partition coefficient (Wildman–Crippen LogP) is 4.26. The van der Waals surface area contributed by atoms with Gasteiger partial charge in [0.05, 0.1) is 10.7 Å². The fourth-order valence-electron chi connectivity index (χ4n) is 2.18. The lowest BCUT2D eigenvalue weighted by Crippen LogP contribution is -2.48. The molecular formula is C18H19ClFN3O2. The van der Waals surface area contributed by atoms with Crippen molar-refractivity contribution >= 4 is 34.9 Å². The summed E-state index contributed by atoms with van der Waals surface area (Å²) >= 11 is 5.71. The molecule has 0 spiro atoms. The number of halogens is 2. The Hall–Kier alpha value is -2.60. The minimum atomic E-state index is -0.845. The molecule has 3 amide bonds. The molecule has 5 nitrogen and oxygen atoms in total. The summed E-state index contributed by atoms with van der Waals surface area (Å²) in [5.41, 5.74) is 0.567. The predicted molar refractivity (Wildman–Crippen MR) is 97.3 cm³/mol. The van der Waals surface area contributed by atoms with E-state index in [-0.39, 0.29) is 16.6 Å². The number of carbonyl (C=O) groups excluding carboxylic acids is 2. The average molecular weight is 364 g/mol. The Bertz CT molecular complexity index is 753. The van der Waals surface area contributed by atoms with Crippen LogP contribution in [0.25, 0.3) is 0 Å². The summed E-state index contributed by atoms with van der Waals surface area (Å²) < 4.78 is 13.9. The fraction of sp³-hybridized carbons (Fsp3) is 0.222. The number of carbonyl (C=O) groups is 2. The van der Waals surface area contributed by atoms with Crippen LogP contribution in [-0.2, 0) is 4.79 Å². The van der Waals surface area contributed by atoms with E-state index in [0.717, 1.165) is 0 Å². The van der Waals surface area contributed by atoms with E-state index in [0.29, 0.717) is 5.69 Å². The van der Waals surface area contributed by atoms with Crippen molar-refractivity contribution in [3.8, 4) is 0 Å². The molecule has 7 heteroatoms. The van der Waals surface area contributed by atoms with Crippen molar-refractivity contribution < 1.29 is 14.0 Å². The van der Waals surface area contributed by atoms with E-state index >= 15 is 0 Å². The van der Waals surface area contributed by atoms with E-state index in [1.807, 2.05) is 6.07 Å². The normalized spacial score (nSPS) is 11.7. The summed E-state index contributed by atoms with van der Waals surface area (Å²) in [6.45, 7) is 3.56. The Morgan fingerprint density at radius 3 is 2.32 bits per heavy atom. The van der Waals surface area contributed by atoms with Crippen LogP contribution in [0.1, 0.15) is 13.8 Å². The molecule has 0 bridgehead atoms. The Labute approximate surface area is 150 Å². The highest BCUT2D eigenvalue weighted by Crippen LogP contribution is 2.22. The number of hydrogen-bond acceptors (Lipinski definition) is 2. The zero-order valence-corrected chi connectivity index (χ0v) is 14.6. The number of rotatable bonds is 5. The van der Waals surface area contributed by atoms with Crippen LogP contribution in [0.3, 0.4) is 0 Å². The number of hydrogen-bond donors (Lipinski definition) is 3. The van der Waals surface area contributed by atoms with Gasteiger partial charge in [0.2, 0.25) is 5.91 Å². The molecule has 0 saturated carbocycles. The summed E-state index contributed by atoms with van der Waals surface area (Å²) in [6, 6.07) is 11.8. The van der Waals surface area contributed by atoms with Crippen molar-refractivity contribution in [1.82, 2.24) is 5.32 Å². The van der Waals surface area contributed by atoms with E-state index in [1.165, 1.54) is 18.2 Å². The Morgan fingerprint density at radius 1 is 1.00 bits per heavy atom. The minimum Gasteiger partial charge on any atom is -0.326 e. The Balaban J connectivity index is 2.05. The summed E-state index contributed by atoms with van der Waals surface area (Å²) in [5.74, 6) is -1.45. The molecule has 3 N–H and O–H groups in total. The summed E-state index contributed by atoms with van der Waals surface area (Å²) in [4.78, 5) is 24.6. The molecule has 0 fully saturated rings. The zero-order chi connectivity index (χ0) is 18.4. The van der Waals surface area contributed by atoms with Crippen LogP contribution >= 0.6 is 11.6 Å². The average Bonchev–Trinajstić information content (AvgIpc) is 2.57. The van der Waals surface area contributed by atoms with Gasteiger partial charge < -0.3 is 16.0 Å². The molecule has 0 aliphatic heterocycles. The molecule has 132 valence electrons. The molecule has 2 rings (SSSR count). The van der Waals surface area contributed by atoms with Crippen LogP contribution in [0.4, 0.5) is 20.6 Å². The molecule has 2 aromatic rings. The van der Waals surface area contributed by atoms with Crippen LogP contribution in [-0.4, -0.2) is 18.0 Å². The maximum absolute atomic E-state index is 13.9. The lowest BCUT2D eigenvalue weighted by Gasteiger charge is -2.22. The molecule has 1 unspecified atom stereocenters. The van der Waals surface area contributed by atoms with Gasteiger partial charge in [0.25, 0.3) is 0 Å². The molecule has 25 heavy (non-hydrogen) atoms. The van der Waals surface area contributed by atoms with Crippen molar-refractivity contribution in [2.45, 2.75) is 19.9 Å². The highest BCUT2D eigenvalue weighted by atomic mass is 35.5. The van der Waals surface area contributed by atoms with E-state index in [9.17, 15) is 14.0 Å². The zero-order valence-electron chi connectivity index (χ0n) is 13.8. The van der Waals surface area contributed by atoms with Gasteiger partial charge in [-0.3, -0.25) is 4.79 Å². The van der Waals surface area contributed by atoms with Crippen molar-refractivity contribution in [1.29, 1.82) is 0 Å². The minimum absolute atomic E-state index is 0.0339. The van der Waals surface area contributed by atoms with Crippen molar-refractivity contribution in [3.63, 3.8) is 0 Å². The number of benzene rings is 2. The van der Waals surface area contributed by atoms with Crippen molar-refractivity contribution in [2.75, 3.05) is 10.6 Å². The molecule has 0 aliphatic carbocycles. The number of para-hydroxylation sites is 1. The van der Waals surface area contributed by atoms with Crippen LogP contribution < -0.4 is 16.0 Å². The topological polar surface area (TPSA) is 70.2 Å². The molecule has 0 aromatic heterocycles. The van der Waals surface area contributed by atoms with Gasteiger partial charge in [-0.25, -0.2) is 9.18 Å². The van der Waals surface area contributed by atoms with E-state index in [2.05, 4.69) is 16.0 Å². The van der Waals surface area contributed by atoms with Gasteiger partial charge >= 0.3 is 6.03 Å². The van der Waals surface area contributed by atoms with Gasteiger partial charge in [0.1, 0.15) is 6.04 Å². The Morgan fingerprint density at radius 2 is 1.68 bits per heavy atom. The third-order valence-electron chi connectivity index (χ3n) is 3.48. The largest absolute Gasteiger partial charge is 0.326 e. The van der Waals surface area contributed by atoms with Gasteiger partial charge in [-0.15, -0.1) is 0 Å². The summed E-state index contributed by atoms with van der Waals surface area (Å²) in [7, 11) is 0. The lowest BCUT2D eigenvalue weighted by molar-refractivity contribution is -0.118. The van der Waals surface area contributed by atoms with Crippen LogP contribution in [0.15, 0.2) is 48.5 Å². The van der Waals surface area contributed by atoms with E-state index in [4.69, 9.17) is 11.6 Å². The van der Waals surface area contributed by atoms with Crippen molar-refractivity contribution in [2.24, 2.45) is 5.92 Å². The highest BCUT2D eigenvalue weighted by Gasteiger charge is 2.25. The number of nitrogens with one attached hydrogen (secondary N) is 3. The molecule has 0 saturated heterocycles.